The molecule has 2 rings (SSSR count). The Kier molecular flexibility index (Phi) is 5.30. The van der Waals surface area contributed by atoms with E-state index in [0.717, 1.165) is 0 Å². The van der Waals surface area contributed by atoms with Gasteiger partial charge in [0.15, 0.2) is 11.5 Å². The molecule has 8 heteroatoms. The van der Waals surface area contributed by atoms with Crippen LogP contribution in [0.3, 0.4) is 0 Å². The van der Waals surface area contributed by atoms with E-state index in [4.69, 9.17) is 9.47 Å². The zero-order valence-corrected chi connectivity index (χ0v) is 14.3. The van der Waals surface area contributed by atoms with Crippen molar-refractivity contribution < 1.29 is 22.7 Å². The highest BCUT2D eigenvalue weighted by molar-refractivity contribution is 7.92. The number of carbonyl (C=O) groups excluding carboxylic acids is 1. The summed E-state index contributed by atoms with van der Waals surface area (Å²) >= 11 is 0. The van der Waals surface area contributed by atoms with Crippen LogP contribution in [0.25, 0.3) is 0 Å². The molecule has 0 atom stereocenters. The third-order valence-corrected chi connectivity index (χ3v) is 4.67. The van der Waals surface area contributed by atoms with E-state index in [0.29, 0.717) is 11.5 Å². The first-order valence-corrected chi connectivity index (χ1v) is 8.47. The molecule has 0 aliphatic heterocycles. The number of nitrogens with one attached hydrogen (secondary N) is 2. The van der Waals surface area contributed by atoms with Crippen LogP contribution in [0.1, 0.15) is 10.4 Å². The fraction of sp³-hybridized carbons (Fsp3) is 0.188. The molecule has 0 saturated heterocycles. The van der Waals surface area contributed by atoms with Gasteiger partial charge in [-0.3, -0.25) is 9.52 Å². The Morgan fingerprint density at radius 3 is 2.29 bits per heavy atom. The summed E-state index contributed by atoms with van der Waals surface area (Å²) in [4.78, 5) is 11.9. The molecule has 0 saturated carbocycles. The molecule has 128 valence electrons. The lowest BCUT2D eigenvalue weighted by Gasteiger charge is -2.13. The topological polar surface area (TPSA) is 93.7 Å². The summed E-state index contributed by atoms with van der Waals surface area (Å²) in [7, 11) is 0.455. The van der Waals surface area contributed by atoms with E-state index in [9.17, 15) is 13.2 Å². The van der Waals surface area contributed by atoms with Gasteiger partial charge in [-0.15, -0.1) is 0 Å². The Bertz CT molecular complexity index is 849. The molecule has 2 aromatic carbocycles. The monoisotopic (exact) mass is 350 g/mol. The first-order chi connectivity index (χ1) is 11.4. The average Bonchev–Trinajstić information content (AvgIpc) is 2.60. The number of hydrogen-bond acceptors (Lipinski definition) is 5. The van der Waals surface area contributed by atoms with Gasteiger partial charge in [-0.1, -0.05) is 12.1 Å². The third kappa shape index (κ3) is 3.60. The maximum absolute atomic E-state index is 12.6. The van der Waals surface area contributed by atoms with Gasteiger partial charge < -0.3 is 14.8 Å². The highest BCUT2D eigenvalue weighted by Gasteiger charge is 2.20. The SMILES string of the molecule is CNC(=O)c1ccccc1NS(=O)(=O)c1ccc(OC)c(OC)c1. The number of benzene rings is 2. The minimum atomic E-state index is -3.90. The zero-order valence-electron chi connectivity index (χ0n) is 13.5. The number of para-hydroxylation sites is 1. The van der Waals surface area contributed by atoms with Crippen LogP contribution in [0.15, 0.2) is 47.4 Å². The van der Waals surface area contributed by atoms with Crippen LogP contribution in [-0.2, 0) is 10.0 Å². The predicted octanol–water partition coefficient (Wildman–Crippen LogP) is 1.86. The summed E-state index contributed by atoms with van der Waals surface area (Å²) in [5.74, 6) is 0.322. The summed E-state index contributed by atoms with van der Waals surface area (Å²) in [6.07, 6.45) is 0. The minimum Gasteiger partial charge on any atom is -0.493 e. The maximum Gasteiger partial charge on any atom is 0.262 e. The van der Waals surface area contributed by atoms with Gasteiger partial charge in [-0.25, -0.2) is 8.42 Å². The van der Waals surface area contributed by atoms with Crippen LogP contribution in [-0.4, -0.2) is 35.6 Å². The van der Waals surface area contributed by atoms with Crippen molar-refractivity contribution in [2.45, 2.75) is 4.90 Å². The number of amides is 1. The molecule has 0 aliphatic carbocycles. The van der Waals surface area contributed by atoms with E-state index in [1.54, 1.807) is 12.1 Å². The molecule has 1 amide bonds. The second-order valence-corrected chi connectivity index (χ2v) is 6.43. The van der Waals surface area contributed by atoms with Crippen molar-refractivity contribution >= 4 is 21.6 Å². The first-order valence-electron chi connectivity index (χ1n) is 6.99. The van der Waals surface area contributed by atoms with Gasteiger partial charge in [0.2, 0.25) is 0 Å². The van der Waals surface area contributed by atoms with Crippen LogP contribution in [0.2, 0.25) is 0 Å². The van der Waals surface area contributed by atoms with E-state index < -0.39 is 10.0 Å². The Hall–Kier alpha value is -2.74. The van der Waals surface area contributed by atoms with E-state index in [2.05, 4.69) is 10.0 Å². The molecule has 2 N–H and O–H groups in total. The molecule has 0 spiro atoms. The molecule has 0 fully saturated rings. The molecule has 0 bridgehead atoms. The molecule has 0 aromatic heterocycles. The summed E-state index contributed by atoms with van der Waals surface area (Å²) in [5.41, 5.74) is 0.413. The summed E-state index contributed by atoms with van der Waals surface area (Å²) in [6, 6.07) is 10.6. The fourth-order valence-corrected chi connectivity index (χ4v) is 3.19. The van der Waals surface area contributed by atoms with Crippen molar-refractivity contribution in [2.24, 2.45) is 0 Å². The molecular formula is C16H18N2O5S. The molecule has 24 heavy (non-hydrogen) atoms. The number of ether oxygens (including phenoxy) is 2. The molecule has 0 unspecified atom stereocenters. The van der Waals surface area contributed by atoms with Crippen LogP contribution in [0, 0.1) is 0 Å². The Labute approximate surface area is 140 Å². The highest BCUT2D eigenvalue weighted by atomic mass is 32.2. The number of rotatable bonds is 6. The van der Waals surface area contributed by atoms with Crippen LogP contribution >= 0.6 is 0 Å². The molecule has 7 nitrogen and oxygen atoms in total. The molecule has 0 radical (unpaired) electrons. The van der Waals surface area contributed by atoms with E-state index in [-0.39, 0.29) is 22.1 Å². The Morgan fingerprint density at radius 1 is 1.00 bits per heavy atom. The average molecular weight is 350 g/mol. The van der Waals surface area contributed by atoms with Gasteiger partial charge in [0.25, 0.3) is 15.9 Å². The largest absolute Gasteiger partial charge is 0.493 e. The Morgan fingerprint density at radius 2 is 1.67 bits per heavy atom. The van der Waals surface area contributed by atoms with Crippen molar-refractivity contribution in [1.82, 2.24) is 5.32 Å². The van der Waals surface area contributed by atoms with Gasteiger partial charge in [0.05, 0.1) is 30.4 Å². The fourth-order valence-electron chi connectivity index (χ4n) is 2.09. The van der Waals surface area contributed by atoms with Gasteiger partial charge in [0, 0.05) is 13.1 Å². The highest BCUT2D eigenvalue weighted by Crippen LogP contribution is 2.30. The second kappa shape index (κ2) is 7.22. The molecular weight excluding hydrogens is 332 g/mol. The number of carbonyl (C=O) groups is 1. The summed E-state index contributed by atoms with van der Waals surface area (Å²) in [5, 5.41) is 2.47. The van der Waals surface area contributed by atoms with Crippen LogP contribution in [0.4, 0.5) is 5.69 Å². The zero-order chi connectivity index (χ0) is 17.7. The van der Waals surface area contributed by atoms with Crippen molar-refractivity contribution in [3.63, 3.8) is 0 Å². The Balaban J connectivity index is 2.41. The lowest BCUT2D eigenvalue weighted by atomic mass is 10.2. The first kappa shape index (κ1) is 17.6. The van der Waals surface area contributed by atoms with E-state index in [1.807, 2.05) is 0 Å². The van der Waals surface area contributed by atoms with Crippen molar-refractivity contribution in [3.8, 4) is 11.5 Å². The third-order valence-electron chi connectivity index (χ3n) is 3.31. The number of anilines is 1. The lowest BCUT2D eigenvalue weighted by Crippen LogP contribution is -2.21. The van der Waals surface area contributed by atoms with Crippen LogP contribution < -0.4 is 19.5 Å². The summed E-state index contributed by atoms with van der Waals surface area (Å²) < 4.78 is 37.8. The smallest absolute Gasteiger partial charge is 0.262 e. The predicted molar refractivity (Wildman–Crippen MR) is 90.2 cm³/mol. The van der Waals surface area contributed by atoms with Crippen LogP contribution in [0.5, 0.6) is 11.5 Å². The molecule has 0 aliphatic rings. The second-order valence-electron chi connectivity index (χ2n) is 4.75. The maximum atomic E-state index is 12.6. The van der Waals surface area contributed by atoms with E-state index >= 15 is 0 Å². The van der Waals surface area contributed by atoms with Crippen molar-refractivity contribution in [1.29, 1.82) is 0 Å². The van der Waals surface area contributed by atoms with Crippen molar-refractivity contribution in [3.05, 3.63) is 48.0 Å². The van der Waals surface area contributed by atoms with Gasteiger partial charge in [-0.2, -0.15) is 0 Å². The summed E-state index contributed by atoms with van der Waals surface area (Å²) in [6.45, 7) is 0. The standard InChI is InChI=1S/C16H18N2O5S/c1-17-16(19)12-6-4-5-7-13(12)18-24(20,21)11-8-9-14(22-2)15(10-11)23-3/h4-10,18H,1-3H3,(H,17,19). The molecule has 2 aromatic rings. The number of sulfonamides is 1. The van der Waals surface area contributed by atoms with Crippen molar-refractivity contribution in [2.75, 3.05) is 26.0 Å². The normalized spacial score (nSPS) is 10.8. The number of methoxy groups -OCH3 is 2. The van der Waals surface area contributed by atoms with Gasteiger partial charge in [-0.05, 0) is 24.3 Å². The van der Waals surface area contributed by atoms with Gasteiger partial charge >= 0.3 is 0 Å². The molecule has 0 heterocycles. The number of hydrogen-bond donors (Lipinski definition) is 2. The van der Waals surface area contributed by atoms with Gasteiger partial charge in [0.1, 0.15) is 0 Å². The quantitative estimate of drug-likeness (QED) is 0.829. The lowest BCUT2D eigenvalue weighted by molar-refractivity contribution is 0.0964. The van der Waals surface area contributed by atoms with E-state index in [1.165, 1.54) is 51.6 Å². The minimum absolute atomic E-state index is 0.00754.